The van der Waals surface area contributed by atoms with Crippen LogP contribution >= 0.6 is 23.5 Å². The molecule has 1 aliphatic rings. The molecular formula is C15H17NO2S2. The molecular weight excluding hydrogens is 290 g/mol. The summed E-state index contributed by atoms with van der Waals surface area (Å²) in [6.45, 7) is 2.82. The minimum atomic E-state index is -0.00212. The number of aliphatic imine (C=N–C) groups is 1. The first kappa shape index (κ1) is 15.2. The number of rotatable bonds is 5. The molecule has 0 radical (unpaired) electrons. The molecule has 20 heavy (non-hydrogen) atoms. The largest absolute Gasteiger partial charge is 0.493 e. The van der Waals surface area contributed by atoms with Crippen molar-refractivity contribution in [2.75, 3.05) is 12.9 Å². The zero-order valence-electron chi connectivity index (χ0n) is 11.6. The Morgan fingerprint density at radius 1 is 1.40 bits per heavy atom. The van der Waals surface area contributed by atoms with E-state index < -0.39 is 0 Å². The third-order valence-electron chi connectivity index (χ3n) is 2.74. The maximum absolute atomic E-state index is 11.8. The molecule has 1 heterocycles. The van der Waals surface area contributed by atoms with E-state index in [1.54, 1.807) is 6.08 Å². The van der Waals surface area contributed by atoms with Gasteiger partial charge >= 0.3 is 0 Å². The molecule has 0 saturated carbocycles. The molecule has 1 aromatic rings. The van der Waals surface area contributed by atoms with Crippen LogP contribution < -0.4 is 4.74 Å². The van der Waals surface area contributed by atoms with Gasteiger partial charge in [-0.1, -0.05) is 31.5 Å². The number of hydrogen-bond acceptors (Lipinski definition) is 5. The Hall–Kier alpha value is -1.20. The normalized spacial score (nSPS) is 16.6. The maximum atomic E-state index is 11.8. The van der Waals surface area contributed by atoms with Crippen LogP contribution in [0.4, 0.5) is 0 Å². The van der Waals surface area contributed by atoms with Gasteiger partial charge in [-0.15, -0.1) is 11.8 Å². The summed E-state index contributed by atoms with van der Waals surface area (Å²) in [6.07, 6.45) is 5.85. The van der Waals surface area contributed by atoms with Gasteiger partial charge < -0.3 is 4.74 Å². The van der Waals surface area contributed by atoms with Crippen molar-refractivity contribution in [2.45, 2.75) is 19.8 Å². The van der Waals surface area contributed by atoms with E-state index in [2.05, 4.69) is 11.9 Å². The molecule has 0 fully saturated rings. The molecule has 1 aliphatic heterocycles. The van der Waals surface area contributed by atoms with E-state index in [9.17, 15) is 4.79 Å². The summed E-state index contributed by atoms with van der Waals surface area (Å²) >= 11 is 2.68. The van der Waals surface area contributed by atoms with Crippen molar-refractivity contribution in [3.8, 4) is 5.75 Å². The van der Waals surface area contributed by atoms with Gasteiger partial charge in [0.2, 0.25) is 5.12 Å². The number of ether oxygens (including phenoxy) is 1. The van der Waals surface area contributed by atoms with Gasteiger partial charge in [0.1, 0.15) is 15.8 Å². The highest BCUT2D eigenvalue weighted by atomic mass is 32.2. The van der Waals surface area contributed by atoms with E-state index in [4.69, 9.17) is 4.74 Å². The van der Waals surface area contributed by atoms with Crippen LogP contribution in [0.1, 0.15) is 25.3 Å². The number of thioether (sulfide) groups is 2. The average Bonchev–Trinajstić information content (AvgIpc) is 2.81. The Bertz CT molecular complexity index is 553. The van der Waals surface area contributed by atoms with Gasteiger partial charge in [-0.05, 0) is 36.6 Å². The SMILES string of the molecule is CCCCOc1ccccc1/C=C1/N=C(SC)SC1=O. The van der Waals surface area contributed by atoms with Crippen LogP contribution in [0.25, 0.3) is 6.08 Å². The summed E-state index contributed by atoms with van der Waals surface area (Å²) < 4.78 is 6.56. The molecule has 0 aromatic heterocycles. The topological polar surface area (TPSA) is 38.7 Å². The lowest BCUT2D eigenvalue weighted by Crippen LogP contribution is -1.98. The fourth-order valence-electron chi connectivity index (χ4n) is 1.68. The van der Waals surface area contributed by atoms with Crippen LogP contribution in [0, 0.1) is 0 Å². The fourth-order valence-corrected chi connectivity index (χ4v) is 2.94. The molecule has 5 heteroatoms. The zero-order chi connectivity index (χ0) is 14.4. The van der Waals surface area contributed by atoms with Crippen LogP contribution in [0.15, 0.2) is 35.0 Å². The summed E-state index contributed by atoms with van der Waals surface area (Å²) in [4.78, 5) is 16.2. The molecule has 3 nitrogen and oxygen atoms in total. The van der Waals surface area contributed by atoms with E-state index in [1.807, 2.05) is 30.5 Å². The lowest BCUT2D eigenvalue weighted by molar-refractivity contribution is -0.107. The summed E-state index contributed by atoms with van der Waals surface area (Å²) in [5, 5.41) is -0.00212. The Morgan fingerprint density at radius 3 is 2.90 bits per heavy atom. The monoisotopic (exact) mass is 307 g/mol. The van der Waals surface area contributed by atoms with Gasteiger partial charge in [0, 0.05) is 5.56 Å². The van der Waals surface area contributed by atoms with Crippen LogP contribution in [-0.2, 0) is 4.79 Å². The first-order valence-electron chi connectivity index (χ1n) is 6.53. The number of benzene rings is 1. The molecule has 2 rings (SSSR count). The van der Waals surface area contributed by atoms with Gasteiger partial charge in [0.25, 0.3) is 0 Å². The average molecular weight is 307 g/mol. The quantitative estimate of drug-likeness (QED) is 0.603. The van der Waals surface area contributed by atoms with Crippen molar-refractivity contribution >= 4 is 39.1 Å². The van der Waals surface area contributed by atoms with E-state index in [1.165, 1.54) is 23.5 Å². The van der Waals surface area contributed by atoms with E-state index in [-0.39, 0.29) is 5.12 Å². The smallest absolute Gasteiger partial charge is 0.244 e. The number of hydrogen-bond donors (Lipinski definition) is 0. The first-order valence-corrected chi connectivity index (χ1v) is 8.57. The standard InChI is InChI=1S/C15H17NO2S2/c1-3-4-9-18-13-8-6-5-7-11(13)10-12-14(17)20-15(16-12)19-2/h5-8,10H,3-4,9H2,1-2H3/b12-10+. The second kappa shape index (κ2) is 7.55. The van der Waals surface area contributed by atoms with E-state index >= 15 is 0 Å². The van der Waals surface area contributed by atoms with Gasteiger partial charge in [0.05, 0.1) is 6.61 Å². The van der Waals surface area contributed by atoms with Crippen molar-refractivity contribution < 1.29 is 9.53 Å². The van der Waals surface area contributed by atoms with Crippen molar-refractivity contribution in [2.24, 2.45) is 4.99 Å². The minimum absolute atomic E-state index is 0.00212. The Balaban J connectivity index is 2.20. The van der Waals surface area contributed by atoms with Crippen LogP contribution in [0.2, 0.25) is 0 Å². The first-order chi connectivity index (χ1) is 9.74. The Kier molecular flexibility index (Phi) is 5.73. The summed E-state index contributed by atoms with van der Waals surface area (Å²) in [6, 6.07) is 7.74. The Labute approximate surface area is 127 Å². The van der Waals surface area contributed by atoms with E-state index in [0.29, 0.717) is 12.3 Å². The fraction of sp³-hybridized carbons (Fsp3) is 0.333. The maximum Gasteiger partial charge on any atom is 0.244 e. The molecule has 0 amide bonds. The molecule has 106 valence electrons. The lowest BCUT2D eigenvalue weighted by Gasteiger charge is -2.08. The third kappa shape index (κ3) is 3.90. The van der Waals surface area contributed by atoms with Gasteiger partial charge in [0.15, 0.2) is 0 Å². The van der Waals surface area contributed by atoms with Crippen molar-refractivity contribution in [3.63, 3.8) is 0 Å². The number of para-hydroxylation sites is 1. The van der Waals surface area contributed by atoms with Gasteiger partial charge in [-0.3, -0.25) is 4.79 Å². The Morgan fingerprint density at radius 2 is 2.20 bits per heavy atom. The highest BCUT2D eigenvalue weighted by molar-refractivity contribution is 8.45. The zero-order valence-corrected chi connectivity index (χ0v) is 13.2. The highest BCUT2D eigenvalue weighted by Crippen LogP contribution is 2.31. The molecule has 0 bridgehead atoms. The van der Waals surface area contributed by atoms with Gasteiger partial charge in [-0.2, -0.15) is 0 Å². The molecule has 0 saturated heterocycles. The minimum Gasteiger partial charge on any atom is -0.493 e. The predicted molar refractivity (Wildman–Crippen MR) is 88.4 cm³/mol. The lowest BCUT2D eigenvalue weighted by atomic mass is 10.1. The summed E-state index contributed by atoms with van der Waals surface area (Å²) in [5.41, 5.74) is 1.39. The predicted octanol–water partition coefficient (Wildman–Crippen LogP) is 4.20. The second-order valence-corrected chi connectivity index (χ2v) is 6.26. The summed E-state index contributed by atoms with van der Waals surface area (Å²) in [5.74, 6) is 0.805. The number of unbranched alkanes of at least 4 members (excludes halogenated alkanes) is 1. The molecule has 1 aromatic carbocycles. The molecule has 0 unspecified atom stereocenters. The van der Waals surface area contributed by atoms with Crippen LogP contribution in [0.5, 0.6) is 5.75 Å². The second-order valence-electron chi connectivity index (χ2n) is 4.24. The molecule has 0 aliphatic carbocycles. The molecule has 0 atom stereocenters. The van der Waals surface area contributed by atoms with Crippen molar-refractivity contribution in [1.29, 1.82) is 0 Å². The molecule has 0 spiro atoms. The highest BCUT2D eigenvalue weighted by Gasteiger charge is 2.21. The number of nitrogens with zero attached hydrogens (tertiary/aromatic N) is 1. The third-order valence-corrected chi connectivity index (χ3v) is 4.59. The molecule has 0 N–H and O–H groups in total. The summed E-state index contributed by atoms with van der Waals surface area (Å²) in [7, 11) is 0. The number of carbonyl (C=O) groups excluding carboxylic acids is 1. The van der Waals surface area contributed by atoms with Gasteiger partial charge in [-0.25, -0.2) is 4.99 Å². The van der Waals surface area contributed by atoms with Crippen molar-refractivity contribution in [1.82, 2.24) is 0 Å². The number of carbonyl (C=O) groups is 1. The van der Waals surface area contributed by atoms with Crippen LogP contribution in [0.3, 0.4) is 0 Å². The van der Waals surface area contributed by atoms with E-state index in [0.717, 1.165) is 28.5 Å². The van der Waals surface area contributed by atoms with Crippen molar-refractivity contribution in [3.05, 3.63) is 35.5 Å². The van der Waals surface area contributed by atoms with Crippen LogP contribution in [-0.4, -0.2) is 22.4 Å².